The molecule has 1 spiro atoms. The fourth-order valence-electron chi connectivity index (χ4n) is 4.32. The topological polar surface area (TPSA) is 94.1 Å². The monoisotopic (exact) mass is 478 g/mol. The van der Waals surface area contributed by atoms with Crippen LogP contribution in [0, 0.1) is 0 Å². The van der Waals surface area contributed by atoms with E-state index in [0.717, 1.165) is 37.3 Å². The number of para-hydroxylation sites is 1. The van der Waals surface area contributed by atoms with Crippen molar-refractivity contribution in [3.63, 3.8) is 0 Å². The third-order valence-corrected chi connectivity index (χ3v) is 5.85. The van der Waals surface area contributed by atoms with Gasteiger partial charge < -0.3 is 14.9 Å². The normalized spacial score (nSPS) is 20.8. The molecule has 0 saturated carbocycles. The Bertz CT molecular complexity index is 1020. The van der Waals surface area contributed by atoms with Crippen LogP contribution in [-0.2, 0) is 20.9 Å². The van der Waals surface area contributed by atoms with Gasteiger partial charge in [-0.25, -0.2) is 4.79 Å². The van der Waals surface area contributed by atoms with Crippen molar-refractivity contribution in [1.29, 1.82) is 0 Å². The number of carboxylic acids is 1. The average molecular weight is 478 g/mol. The molecule has 0 radical (unpaired) electrons. The second-order valence-corrected chi connectivity index (χ2v) is 8.27. The zero-order chi connectivity index (χ0) is 24.9. The summed E-state index contributed by atoms with van der Waals surface area (Å²) >= 11 is 0. The van der Waals surface area contributed by atoms with Crippen molar-refractivity contribution in [2.75, 3.05) is 31.1 Å². The minimum atomic E-state index is -5.08. The molecule has 0 aliphatic carbocycles. The van der Waals surface area contributed by atoms with Gasteiger partial charge in [-0.05, 0) is 30.2 Å². The molecule has 1 aromatic carbocycles. The van der Waals surface area contributed by atoms with Gasteiger partial charge in [-0.2, -0.15) is 13.2 Å². The highest BCUT2D eigenvalue weighted by Crippen LogP contribution is 2.35. The lowest BCUT2D eigenvalue weighted by Crippen LogP contribution is -2.66. The van der Waals surface area contributed by atoms with E-state index < -0.39 is 12.1 Å². The quantitative estimate of drug-likeness (QED) is 0.729. The summed E-state index contributed by atoms with van der Waals surface area (Å²) in [6.45, 7) is 4.72. The highest BCUT2D eigenvalue weighted by molar-refractivity contribution is 5.98. The first-order valence-electron chi connectivity index (χ1n) is 10.6. The molecular formula is C23H25F3N4O4. The van der Waals surface area contributed by atoms with Crippen molar-refractivity contribution in [3.05, 3.63) is 60.4 Å². The molecule has 1 unspecified atom stereocenters. The highest BCUT2D eigenvalue weighted by atomic mass is 19.4. The number of aliphatic carboxylic acids is 1. The number of alkyl halides is 3. The summed E-state index contributed by atoms with van der Waals surface area (Å²) < 4.78 is 31.7. The smallest absolute Gasteiger partial charge is 0.475 e. The van der Waals surface area contributed by atoms with Crippen molar-refractivity contribution >= 4 is 23.5 Å². The number of halogens is 3. The van der Waals surface area contributed by atoms with Gasteiger partial charge in [0, 0.05) is 44.6 Å². The maximum absolute atomic E-state index is 12.7. The SMILES string of the molecule is CC(=O)N1CC(=O)N(c2ccccc2)CC12CCN(Cc1cccnc1)C2.O=C(O)C(F)(F)F. The van der Waals surface area contributed by atoms with Gasteiger partial charge in [0.05, 0.1) is 12.1 Å². The van der Waals surface area contributed by atoms with Crippen molar-refractivity contribution in [2.24, 2.45) is 0 Å². The standard InChI is InChI=1S/C21H24N4O2.C2HF3O2/c1-17(26)25-14-20(27)24(19-7-3-2-4-8-19)16-21(25)9-11-23(15-21)13-18-6-5-10-22-12-18;3-2(4,5)1(6)7/h2-8,10,12H,9,11,13-16H2,1H3;(H,6,7). The molecule has 2 aliphatic rings. The molecule has 34 heavy (non-hydrogen) atoms. The van der Waals surface area contributed by atoms with E-state index in [1.54, 1.807) is 18.0 Å². The van der Waals surface area contributed by atoms with E-state index in [-0.39, 0.29) is 23.9 Å². The number of rotatable bonds is 3. The van der Waals surface area contributed by atoms with Crippen LogP contribution in [0.15, 0.2) is 54.9 Å². The molecule has 3 heterocycles. The Kier molecular flexibility index (Phi) is 7.55. The van der Waals surface area contributed by atoms with Crippen LogP contribution in [0.4, 0.5) is 18.9 Å². The Labute approximate surface area is 194 Å². The summed E-state index contributed by atoms with van der Waals surface area (Å²) in [6, 6.07) is 13.8. The highest BCUT2D eigenvalue weighted by Gasteiger charge is 2.50. The summed E-state index contributed by atoms with van der Waals surface area (Å²) in [5.74, 6) is -2.81. The minimum Gasteiger partial charge on any atom is -0.475 e. The summed E-state index contributed by atoms with van der Waals surface area (Å²) in [5, 5.41) is 7.12. The van der Waals surface area contributed by atoms with Crippen molar-refractivity contribution in [3.8, 4) is 0 Å². The second kappa shape index (κ2) is 10.2. The van der Waals surface area contributed by atoms with Crippen molar-refractivity contribution < 1.29 is 32.7 Å². The fraction of sp³-hybridized carbons (Fsp3) is 0.391. The second-order valence-electron chi connectivity index (χ2n) is 8.27. The molecule has 2 saturated heterocycles. The molecule has 4 rings (SSSR count). The summed E-state index contributed by atoms with van der Waals surface area (Å²) in [4.78, 5) is 44.1. The summed E-state index contributed by atoms with van der Waals surface area (Å²) in [6.07, 6.45) is -0.561. The van der Waals surface area contributed by atoms with E-state index >= 15 is 0 Å². The largest absolute Gasteiger partial charge is 0.490 e. The van der Waals surface area contributed by atoms with E-state index in [0.29, 0.717) is 6.54 Å². The Morgan fingerprint density at radius 3 is 2.35 bits per heavy atom. The number of nitrogens with zero attached hydrogens (tertiary/aromatic N) is 4. The minimum absolute atomic E-state index is 0.0206. The van der Waals surface area contributed by atoms with Crippen molar-refractivity contribution in [1.82, 2.24) is 14.8 Å². The average Bonchev–Trinajstić information content (AvgIpc) is 3.18. The van der Waals surface area contributed by atoms with Gasteiger partial charge in [0.2, 0.25) is 11.8 Å². The number of carbonyl (C=O) groups is 3. The summed E-state index contributed by atoms with van der Waals surface area (Å²) in [7, 11) is 0. The van der Waals surface area contributed by atoms with Crippen LogP contribution in [0.3, 0.4) is 0 Å². The van der Waals surface area contributed by atoms with E-state index in [1.165, 1.54) is 0 Å². The van der Waals surface area contributed by atoms with Gasteiger partial charge in [0.15, 0.2) is 0 Å². The van der Waals surface area contributed by atoms with Gasteiger partial charge in [0.25, 0.3) is 0 Å². The van der Waals surface area contributed by atoms with Gasteiger partial charge in [-0.1, -0.05) is 24.3 Å². The Morgan fingerprint density at radius 2 is 1.79 bits per heavy atom. The first-order chi connectivity index (χ1) is 16.0. The number of anilines is 1. The predicted molar refractivity (Wildman–Crippen MR) is 117 cm³/mol. The van der Waals surface area contributed by atoms with Crippen LogP contribution in [0.25, 0.3) is 0 Å². The number of hydrogen-bond donors (Lipinski definition) is 1. The molecule has 1 aromatic heterocycles. The molecule has 8 nitrogen and oxygen atoms in total. The van der Waals surface area contributed by atoms with Gasteiger partial charge >= 0.3 is 12.1 Å². The number of piperazine rings is 1. The Morgan fingerprint density at radius 1 is 1.12 bits per heavy atom. The molecule has 2 amide bonds. The zero-order valence-corrected chi connectivity index (χ0v) is 18.5. The fourth-order valence-corrected chi connectivity index (χ4v) is 4.32. The Balaban J connectivity index is 0.000000406. The van der Waals surface area contributed by atoms with Crippen LogP contribution < -0.4 is 4.90 Å². The van der Waals surface area contributed by atoms with E-state index in [1.807, 2.05) is 47.5 Å². The third-order valence-electron chi connectivity index (χ3n) is 5.85. The first kappa shape index (κ1) is 25.2. The molecule has 1 N–H and O–H groups in total. The molecule has 2 fully saturated rings. The predicted octanol–water partition coefficient (Wildman–Crippen LogP) is 2.55. The first-order valence-corrected chi connectivity index (χ1v) is 10.6. The maximum atomic E-state index is 12.7. The Hall–Kier alpha value is -3.47. The van der Waals surface area contributed by atoms with Crippen LogP contribution in [-0.4, -0.2) is 75.6 Å². The zero-order valence-electron chi connectivity index (χ0n) is 18.5. The van der Waals surface area contributed by atoms with Gasteiger partial charge in [-0.15, -0.1) is 0 Å². The maximum Gasteiger partial charge on any atom is 0.490 e. The van der Waals surface area contributed by atoms with Crippen LogP contribution in [0.2, 0.25) is 0 Å². The van der Waals surface area contributed by atoms with E-state index in [2.05, 4.69) is 16.0 Å². The number of carbonyl (C=O) groups excluding carboxylic acids is 2. The molecule has 2 aliphatic heterocycles. The number of carboxylic acid groups (broad SMARTS) is 1. The molecule has 2 aromatic rings. The lowest BCUT2D eigenvalue weighted by molar-refractivity contribution is -0.192. The van der Waals surface area contributed by atoms with Crippen LogP contribution >= 0.6 is 0 Å². The molecular weight excluding hydrogens is 453 g/mol. The lowest BCUT2D eigenvalue weighted by Gasteiger charge is -2.48. The number of amides is 2. The van der Waals surface area contributed by atoms with E-state index in [4.69, 9.17) is 9.90 Å². The number of aromatic nitrogens is 1. The number of pyridine rings is 1. The van der Waals surface area contributed by atoms with Crippen LogP contribution in [0.1, 0.15) is 18.9 Å². The van der Waals surface area contributed by atoms with Gasteiger partial charge in [0.1, 0.15) is 6.54 Å². The molecule has 1 atom stereocenters. The van der Waals surface area contributed by atoms with Gasteiger partial charge in [-0.3, -0.25) is 19.5 Å². The number of benzene rings is 1. The molecule has 182 valence electrons. The molecule has 11 heteroatoms. The third kappa shape index (κ3) is 5.90. The van der Waals surface area contributed by atoms with Crippen molar-refractivity contribution in [2.45, 2.75) is 31.6 Å². The molecule has 0 bridgehead atoms. The summed E-state index contributed by atoms with van der Waals surface area (Å²) in [5.41, 5.74) is 1.73. The van der Waals surface area contributed by atoms with Crippen LogP contribution in [0.5, 0.6) is 0 Å². The number of hydrogen-bond acceptors (Lipinski definition) is 5. The lowest BCUT2D eigenvalue weighted by atomic mass is 9.91. The number of likely N-dealkylation sites (tertiary alicyclic amines) is 1. The van der Waals surface area contributed by atoms with E-state index in [9.17, 15) is 22.8 Å².